The van der Waals surface area contributed by atoms with Gasteiger partial charge in [0.15, 0.2) is 0 Å². The third-order valence-corrected chi connectivity index (χ3v) is 3.90. The molecule has 1 aliphatic rings. The number of aliphatic carboxylic acids is 1. The molecule has 1 fully saturated rings. The van der Waals surface area contributed by atoms with E-state index in [4.69, 9.17) is 5.11 Å². The fourth-order valence-corrected chi connectivity index (χ4v) is 3.67. The van der Waals surface area contributed by atoms with Crippen LogP contribution in [-0.4, -0.2) is 29.2 Å². The molecule has 0 saturated heterocycles. The zero-order valence-corrected chi connectivity index (χ0v) is 13.2. The molecule has 0 unspecified atom stereocenters. The van der Waals surface area contributed by atoms with Crippen molar-refractivity contribution in [1.82, 2.24) is 10.6 Å². The maximum absolute atomic E-state index is 11.9. The Morgan fingerprint density at radius 2 is 1.70 bits per heavy atom. The molecule has 116 valence electrons. The standard InChI is InChI=1S/C15H28N2O3/c1-6-11(12(18)19)17-13(20)16-10-7-14(2,3)9-15(4,5)8-10/h10-11H,6-9H2,1-5H3,(H,18,19)(H2,16,17,20)/t11-/m0/s1. The van der Waals surface area contributed by atoms with Crippen molar-refractivity contribution < 1.29 is 14.7 Å². The van der Waals surface area contributed by atoms with Crippen molar-refractivity contribution in [3.05, 3.63) is 0 Å². The van der Waals surface area contributed by atoms with E-state index in [0.717, 1.165) is 19.3 Å². The van der Waals surface area contributed by atoms with Crippen molar-refractivity contribution in [2.24, 2.45) is 10.8 Å². The minimum Gasteiger partial charge on any atom is -0.480 e. The Morgan fingerprint density at radius 1 is 1.20 bits per heavy atom. The topological polar surface area (TPSA) is 78.4 Å². The van der Waals surface area contributed by atoms with Gasteiger partial charge < -0.3 is 15.7 Å². The third-order valence-electron chi connectivity index (χ3n) is 3.90. The largest absolute Gasteiger partial charge is 0.480 e. The molecule has 0 aromatic rings. The van der Waals surface area contributed by atoms with Gasteiger partial charge in [0.25, 0.3) is 0 Å². The highest BCUT2D eigenvalue weighted by Crippen LogP contribution is 2.45. The van der Waals surface area contributed by atoms with E-state index in [-0.39, 0.29) is 22.9 Å². The Bertz CT molecular complexity index is 361. The van der Waals surface area contributed by atoms with Gasteiger partial charge in [-0.15, -0.1) is 0 Å². The Labute approximate surface area is 121 Å². The van der Waals surface area contributed by atoms with Crippen LogP contribution >= 0.6 is 0 Å². The summed E-state index contributed by atoms with van der Waals surface area (Å²) in [5, 5.41) is 14.4. The number of carbonyl (C=O) groups excluding carboxylic acids is 1. The predicted octanol–water partition coefficient (Wildman–Crippen LogP) is 2.75. The first-order chi connectivity index (χ1) is 9.04. The van der Waals surface area contributed by atoms with E-state index in [1.165, 1.54) is 0 Å². The zero-order chi connectivity index (χ0) is 15.6. The molecule has 0 radical (unpaired) electrons. The van der Waals surface area contributed by atoms with Crippen molar-refractivity contribution in [3.8, 4) is 0 Å². The lowest BCUT2D eigenvalue weighted by Crippen LogP contribution is -2.52. The SMILES string of the molecule is CC[C@H](NC(=O)NC1CC(C)(C)CC(C)(C)C1)C(=O)O. The van der Waals surface area contributed by atoms with E-state index in [1.54, 1.807) is 6.92 Å². The van der Waals surface area contributed by atoms with Gasteiger partial charge in [0.1, 0.15) is 6.04 Å². The van der Waals surface area contributed by atoms with Crippen molar-refractivity contribution in [1.29, 1.82) is 0 Å². The van der Waals surface area contributed by atoms with Gasteiger partial charge in [0.05, 0.1) is 0 Å². The summed E-state index contributed by atoms with van der Waals surface area (Å²) in [6.45, 7) is 10.6. The molecule has 0 aromatic carbocycles. The number of urea groups is 1. The van der Waals surface area contributed by atoms with Gasteiger partial charge in [-0.05, 0) is 36.5 Å². The molecule has 0 bridgehead atoms. The predicted molar refractivity (Wildman–Crippen MR) is 78.6 cm³/mol. The maximum atomic E-state index is 11.9. The van der Waals surface area contributed by atoms with Gasteiger partial charge in [-0.1, -0.05) is 34.6 Å². The van der Waals surface area contributed by atoms with E-state index >= 15 is 0 Å². The molecule has 2 amide bonds. The summed E-state index contributed by atoms with van der Waals surface area (Å²) < 4.78 is 0. The number of rotatable bonds is 4. The molecular formula is C15H28N2O3. The molecule has 1 aliphatic carbocycles. The van der Waals surface area contributed by atoms with Gasteiger partial charge in [-0.2, -0.15) is 0 Å². The Balaban J connectivity index is 2.59. The number of carboxylic acid groups (broad SMARTS) is 1. The molecule has 0 heterocycles. The van der Waals surface area contributed by atoms with Crippen molar-refractivity contribution in [3.63, 3.8) is 0 Å². The first-order valence-electron chi connectivity index (χ1n) is 7.34. The molecule has 5 heteroatoms. The second kappa shape index (κ2) is 6.02. The van der Waals surface area contributed by atoms with Crippen LogP contribution in [0.2, 0.25) is 0 Å². The molecule has 0 aliphatic heterocycles. The van der Waals surface area contributed by atoms with Crippen molar-refractivity contribution >= 4 is 12.0 Å². The van der Waals surface area contributed by atoms with E-state index in [9.17, 15) is 9.59 Å². The molecule has 1 atom stereocenters. The molecule has 0 spiro atoms. The zero-order valence-electron chi connectivity index (χ0n) is 13.2. The fourth-order valence-electron chi connectivity index (χ4n) is 3.67. The number of nitrogens with one attached hydrogen (secondary N) is 2. The summed E-state index contributed by atoms with van der Waals surface area (Å²) >= 11 is 0. The first-order valence-corrected chi connectivity index (χ1v) is 7.34. The third kappa shape index (κ3) is 5.02. The van der Waals surface area contributed by atoms with E-state index < -0.39 is 12.0 Å². The van der Waals surface area contributed by atoms with Crippen molar-refractivity contribution in [2.75, 3.05) is 0 Å². The smallest absolute Gasteiger partial charge is 0.326 e. The van der Waals surface area contributed by atoms with Crippen LogP contribution in [-0.2, 0) is 4.79 Å². The molecule has 5 nitrogen and oxygen atoms in total. The maximum Gasteiger partial charge on any atom is 0.326 e. The fraction of sp³-hybridized carbons (Fsp3) is 0.867. The summed E-state index contributed by atoms with van der Waals surface area (Å²) in [6, 6.07) is -1.10. The lowest BCUT2D eigenvalue weighted by atomic mass is 9.63. The Kier molecular flexibility index (Phi) is 5.05. The number of carboxylic acids is 1. The quantitative estimate of drug-likeness (QED) is 0.742. The highest BCUT2D eigenvalue weighted by atomic mass is 16.4. The average Bonchev–Trinajstić information content (AvgIpc) is 2.20. The lowest BCUT2D eigenvalue weighted by Gasteiger charge is -2.45. The van der Waals surface area contributed by atoms with E-state index in [2.05, 4.69) is 38.3 Å². The monoisotopic (exact) mass is 284 g/mol. The summed E-state index contributed by atoms with van der Waals surface area (Å²) in [7, 11) is 0. The summed E-state index contributed by atoms with van der Waals surface area (Å²) in [6.07, 6.45) is 3.36. The van der Waals surface area contributed by atoms with Crippen LogP contribution in [0.25, 0.3) is 0 Å². The second-order valence-corrected chi connectivity index (χ2v) is 7.53. The second-order valence-electron chi connectivity index (χ2n) is 7.53. The normalized spacial score (nSPS) is 22.9. The van der Waals surface area contributed by atoms with Gasteiger partial charge in [-0.25, -0.2) is 9.59 Å². The van der Waals surface area contributed by atoms with E-state index in [0.29, 0.717) is 6.42 Å². The van der Waals surface area contributed by atoms with Crippen LogP contribution in [0.1, 0.15) is 60.3 Å². The average molecular weight is 284 g/mol. The molecule has 1 saturated carbocycles. The first kappa shape index (κ1) is 16.8. The van der Waals surface area contributed by atoms with Crippen LogP contribution in [0, 0.1) is 10.8 Å². The Morgan fingerprint density at radius 3 is 2.10 bits per heavy atom. The minimum absolute atomic E-state index is 0.0973. The van der Waals surface area contributed by atoms with Gasteiger partial charge >= 0.3 is 12.0 Å². The summed E-state index contributed by atoms with van der Waals surface area (Å²) in [5.74, 6) is -0.994. The van der Waals surface area contributed by atoms with Crippen LogP contribution < -0.4 is 10.6 Å². The lowest BCUT2D eigenvalue weighted by molar-refractivity contribution is -0.139. The van der Waals surface area contributed by atoms with Gasteiger partial charge in [0.2, 0.25) is 0 Å². The number of carbonyl (C=O) groups is 2. The van der Waals surface area contributed by atoms with Gasteiger partial charge in [-0.3, -0.25) is 0 Å². The number of hydrogen-bond acceptors (Lipinski definition) is 2. The highest BCUT2D eigenvalue weighted by Gasteiger charge is 2.39. The molecule has 3 N–H and O–H groups in total. The number of hydrogen-bond donors (Lipinski definition) is 3. The molecule has 20 heavy (non-hydrogen) atoms. The van der Waals surface area contributed by atoms with Gasteiger partial charge in [0, 0.05) is 6.04 Å². The number of amides is 2. The van der Waals surface area contributed by atoms with Crippen LogP contribution in [0.4, 0.5) is 4.79 Å². The molecule has 1 rings (SSSR count). The summed E-state index contributed by atoms with van der Waals surface area (Å²) in [5.41, 5.74) is 0.382. The van der Waals surface area contributed by atoms with Crippen LogP contribution in [0.5, 0.6) is 0 Å². The summed E-state index contributed by atoms with van der Waals surface area (Å²) in [4.78, 5) is 22.8. The molecular weight excluding hydrogens is 256 g/mol. The van der Waals surface area contributed by atoms with Crippen LogP contribution in [0.3, 0.4) is 0 Å². The van der Waals surface area contributed by atoms with Crippen LogP contribution in [0.15, 0.2) is 0 Å². The minimum atomic E-state index is -0.994. The highest BCUT2D eigenvalue weighted by molar-refractivity contribution is 5.82. The van der Waals surface area contributed by atoms with E-state index in [1.807, 2.05) is 0 Å². The molecule has 0 aromatic heterocycles. The Hall–Kier alpha value is -1.26. The van der Waals surface area contributed by atoms with Crippen molar-refractivity contribution in [2.45, 2.75) is 72.4 Å².